The molecule has 0 aliphatic heterocycles. The summed E-state index contributed by atoms with van der Waals surface area (Å²) in [5, 5.41) is 8.86. The molecule has 0 aromatic carbocycles. The molecule has 0 saturated heterocycles. The number of nitrogens with one attached hydrogen (secondary N) is 1. The van der Waals surface area contributed by atoms with Gasteiger partial charge >= 0.3 is 5.97 Å². The molecule has 6 nitrogen and oxygen atoms in total. The molecule has 1 aromatic rings. The van der Waals surface area contributed by atoms with E-state index in [0.717, 1.165) is 0 Å². The number of methoxy groups -OCH3 is 1. The number of nitrogen functional groups attached to an aromatic ring is 1. The summed E-state index contributed by atoms with van der Waals surface area (Å²) >= 11 is 0. The Morgan fingerprint density at radius 2 is 2.20 bits per heavy atom. The van der Waals surface area contributed by atoms with Gasteiger partial charge in [-0.2, -0.15) is 0 Å². The number of aryl methyl sites for hydroxylation is 1. The molecule has 0 fully saturated rings. The van der Waals surface area contributed by atoms with Crippen LogP contribution in [0.25, 0.3) is 0 Å². The number of carboxylic acid groups (broad SMARTS) is 1. The fourth-order valence-electron chi connectivity index (χ4n) is 1.32. The van der Waals surface area contributed by atoms with Crippen molar-refractivity contribution in [2.45, 2.75) is 13.5 Å². The van der Waals surface area contributed by atoms with E-state index in [1.807, 2.05) is 0 Å². The van der Waals surface area contributed by atoms with Gasteiger partial charge in [0.15, 0.2) is 0 Å². The molecule has 0 amide bonds. The number of ether oxygens (including phenoxy) is 1. The van der Waals surface area contributed by atoms with Gasteiger partial charge in [-0.1, -0.05) is 0 Å². The zero-order chi connectivity index (χ0) is 11.6. The SMILES string of the molecule is COCc1c(N)c(C)[nH]c(=O)c1C(=O)O. The molecule has 15 heavy (non-hydrogen) atoms. The van der Waals surface area contributed by atoms with Crippen LogP contribution < -0.4 is 11.3 Å². The van der Waals surface area contributed by atoms with E-state index in [4.69, 9.17) is 15.6 Å². The standard InChI is InChI=1S/C9H12N2O4/c1-4-7(10)5(3-15-2)6(9(13)14)8(12)11-4/h3,10H2,1-2H3,(H,11,12)(H,13,14). The van der Waals surface area contributed by atoms with Crippen molar-refractivity contribution in [3.05, 3.63) is 27.2 Å². The molecule has 0 unspecified atom stereocenters. The van der Waals surface area contributed by atoms with Gasteiger partial charge in [0.2, 0.25) is 0 Å². The maximum Gasteiger partial charge on any atom is 0.341 e. The van der Waals surface area contributed by atoms with Crippen LogP contribution in [0.5, 0.6) is 0 Å². The van der Waals surface area contributed by atoms with Crippen LogP contribution in [-0.2, 0) is 11.3 Å². The van der Waals surface area contributed by atoms with Gasteiger partial charge in [-0.3, -0.25) is 4.79 Å². The van der Waals surface area contributed by atoms with Crippen molar-refractivity contribution < 1.29 is 14.6 Å². The predicted octanol–water partition coefficient (Wildman–Crippen LogP) is 0.110. The van der Waals surface area contributed by atoms with E-state index in [1.165, 1.54) is 7.11 Å². The van der Waals surface area contributed by atoms with E-state index in [1.54, 1.807) is 6.92 Å². The third kappa shape index (κ3) is 1.99. The number of aromatic carboxylic acids is 1. The Morgan fingerprint density at radius 1 is 1.60 bits per heavy atom. The second kappa shape index (κ2) is 4.14. The minimum atomic E-state index is -1.31. The number of hydrogen-bond acceptors (Lipinski definition) is 4. The number of carbonyl (C=O) groups is 1. The van der Waals surface area contributed by atoms with Gasteiger partial charge in [-0.05, 0) is 6.92 Å². The molecule has 4 N–H and O–H groups in total. The molecule has 0 aliphatic carbocycles. The molecule has 82 valence electrons. The second-order valence-corrected chi connectivity index (χ2v) is 3.08. The van der Waals surface area contributed by atoms with Gasteiger partial charge in [0, 0.05) is 18.4 Å². The number of rotatable bonds is 3. The van der Waals surface area contributed by atoms with Crippen LogP contribution in [0, 0.1) is 6.92 Å². The van der Waals surface area contributed by atoms with Crippen molar-refractivity contribution in [2.75, 3.05) is 12.8 Å². The largest absolute Gasteiger partial charge is 0.477 e. The van der Waals surface area contributed by atoms with Gasteiger partial charge in [0.1, 0.15) is 5.56 Å². The van der Waals surface area contributed by atoms with Crippen LogP contribution in [0.1, 0.15) is 21.6 Å². The molecule has 0 spiro atoms. The molecular weight excluding hydrogens is 200 g/mol. The number of carboxylic acids is 1. The van der Waals surface area contributed by atoms with Crippen LogP contribution in [-0.4, -0.2) is 23.2 Å². The summed E-state index contributed by atoms with van der Waals surface area (Å²) in [7, 11) is 1.40. The van der Waals surface area contributed by atoms with E-state index < -0.39 is 11.5 Å². The van der Waals surface area contributed by atoms with Crippen molar-refractivity contribution in [3.63, 3.8) is 0 Å². The predicted molar refractivity (Wildman–Crippen MR) is 53.9 cm³/mol. The number of aromatic amines is 1. The summed E-state index contributed by atoms with van der Waals surface area (Å²) in [5.41, 5.74) is 5.54. The van der Waals surface area contributed by atoms with E-state index in [2.05, 4.69) is 4.98 Å². The minimum Gasteiger partial charge on any atom is -0.477 e. The van der Waals surface area contributed by atoms with Crippen molar-refractivity contribution >= 4 is 11.7 Å². The average molecular weight is 212 g/mol. The van der Waals surface area contributed by atoms with Crippen LogP contribution in [0.15, 0.2) is 4.79 Å². The van der Waals surface area contributed by atoms with Crippen molar-refractivity contribution in [3.8, 4) is 0 Å². The van der Waals surface area contributed by atoms with Crippen molar-refractivity contribution in [1.82, 2.24) is 4.98 Å². The van der Waals surface area contributed by atoms with Gasteiger partial charge < -0.3 is 20.6 Å². The first-order chi connectivity index (χ1) is 6.99. The first-order valence-electron chi connectivity index (χ1n) is 4.22. The third-order valence-corrected chi connectivity index (χ3v) is 2.06. The number of anilines is 1. The number of aromatic nitrogens is 1. The monoisotopic (exact) mass is 212 g/mol. The zero-order valence-corrected chi connectivity index (χ0v) is 8.46. The van der Waals surface area contributed by atoms with Crippen LogP contribution in [0.2, 0.25) is 0 Å². The first kappa shape index (κ1) is 11.3. The highest BCUT2D eigenvalue weighted by Gasteiger charge is 2.19. The molecular formula is C9H12N2O4. The lowest BCUT2D eigenvalue weighted by molar-refractivity contribution is 0.0690. The Bertz CT molecular complexity index is 450. The molecule has 0 bridgehead atoms. The first-order valence-corrected chi connectivity index (χ1v) is 4.22. The Balaban J connectivity index is 3.54. The highest BCUT2D eigenvalue weighted by Crippen LogP contribution is 2.17. The Labute approximate surface area is 85.7 Å². The van der Waals surface area contributed by atoms with Crippen LogP contribution >= 0.6 is 0 Å². The highest BCUT2D eigenvalue weighted by molar-refractivity contribution is 5.90. The Hall–Kier alpha value is -1.82. The number of pyridine rings is 1. The van der Waals surface area contributed by atoms with Crippen LogP contribution in [0.3, 0.4) is 0 Å². The summed E-state index contributed by atoms with van der Waals surface area (Å²) in [4.78, 5) is 24.6. The minimum absolute atomic E-state index is 0.00176. The van der Waals surface area contributed by atoms with Gasteiger partial charge in [-0.25, -0.2) is 4.79 Å². The molecule has 0 aliphatic rings. The van der Waals surface area contributed by atoms with Gasteiger partial charge in [0.05, 0.1) is 12.3 Å². The lowest BCUT2D eigenvalue weighted by Crippen LogP contribution is -2.23. The maximum atomic E-state index is 11.4. The van der Waals surface area contributed by atoms with E-state index in [-0.39, 0.29) is 23.4 Å². The molecule has 1 rings (SSSR count). The summed E-state index contributed by atoms with van der Waals surface area (Å²) in [6.07, 6.45) is 0. The van der Waals surface area contributed by atoms with Gasteiger partial charge in [0.25, 0.3) is 5.56 Å². The summed E-state index contributed by atoms with van der Waals surface area (Å²) in [6.45, 7) is 1.60. The maximum absolute atomic E-state index is 11.4. The number of H-pyrrole nitrogens is 1. The van der Waals surface area contributed by atoms with Crippen molar-refractivity contribution in [1.29, 1.82) is 0 Å². The van der Waals surface area contributed by atoms with E-state index in [9.17, 15) is 9.59 Å². The topological polar surface area (TPSA) is 105 Å². The third-order valence-electron chi connectivity index (χ3n) is 2.06. The summed E-state index contributed by atoms with van der Waals surface area (Å²) in [5.74, 6) is -1.31. The average Bonchev–Trinajstić information content (AvgIpc) is 2.13. The Kier molecular flexibility index (Phi) is 3.11. The Morgan fingerprint density at radius 3 is 2.67 bits per heavy atom. The smallest absolute Gasteiger partial charge is 0.341 e. The second-order valence-electron chi connectivity index (χ2n) is 3.08. The van der Waals surface area contributed by atoms with E-state index >= 15 is 0 Å². The van der Waals surface area contributed by atoms with Crippen molar-refractivity contribution in [2.24, 2.45) is 0 Å². The highest BCUT2D eigenvalue weighted by atomic mass is 16.5. The lowest BCUT2D eigenvalue weighted by atomic mass is 10.1. The van der Waals surface area contributed by atoms with E-state index in [0.29, 0.717) is 5.69 Å². The number of hydrogen-bond donors (Lipinski definition) is 3. The van der Waals surface area contributed by atoms with Crippen LogP contribution in [0.4, 0.5) is 5.69 Å². The lowest BCUT2D eigenvalue weighted by Gasteiger charge is -2.10. The molecule has 0 atom stereocenters. The fourth-order valence-corrected chi connectivity index (χ4v) is 1.32. The van der Waals surface area contributed by atoms with Gasteiger partial charge in [-0.15, -0.1) is 0 Å². The molecule has 0 saturated carbocycles. The zero-order valence-electron chi connectivity index (χ0n) is 8.46. The number of nitrogens with two attached hydrogens (primary N) is 1. The molecule has 1 heterocycles. The fraction of sp³-hybridized carbons (Fsp3) is 0.333. The summed E-state index contributed by atoms with van der Waals surface area (Å²) < 4.78 is 4.81. The quantitative estimate of drug-likeness (QED) is 0.659. The molecule has 6 heteroatoms. The molecule has 1 aromatic heterocycles. The summed E-state index contributed by atoms with van der Waals surface area (Å²) in [6, 6.07) is 0. The molecule has 0 radical (unpaired) electrons. The normalized spacial score (nSPS) is 10.3.